The molecule has 0 saturated carbocycles. The molecule has 4 nitrogen and oxygen atoms in total. The number of nitrogens with one attached hydrogen (secondary N) is 1. The Bertz CT molecular complexity index is 378. The van der Waals surface area contributed by atoms with Crippen LogP contribution in [0.2, 0.25) is 0 Å². The quantitative estimate of drug-likeness (QED) is 0.585. The highest BCUT2D eigenvalue weighted by atomic mass is 32.2. The second-order valence-corrected chi connectivity index (χ2v) is 4.78. The van der Waals surface area contributed by atoms with Crippen LogP contribution in [0.5, 0.6) is 0 Å². The topological polar surface area (TPSA) is 71.8 Å². The predicted octanol–water partition coefficient (Wildman–Crippen LogP) is 1.55. The lowest BCUT2D eigenvalue weighted by Crippen LogP contribution is -2.21. The average Bonchev–Trinajstić information content (AvgIpc) is 2.25. The maximum absolute atomic E-state index is 11.4. The molecular formula is C11H19N3OS. The monoisotopic (exact) mass is 241 g/mol. The molecule has 5 heteroatoms. The molecule has 0 fully saturated rings. The van der Waals surface area contributed by atoms with Gasteiger partial charge in [-0.15, -0.1) is 0 Å². The zero-order valence-electron chi connectivity index (χ0n) is 9.82. The first-order chi connectivity index (χ1) is 7.65. The maximum Gasteiger partial charge on any atom is 0.251 e. The van der Waals surface area contributed by atoms with Gasteiger partial charge in [0, 0.05) is 23.6 Å². The van der Waals surface area contributed by atoms with E-state index >= 15 is 0 Å². The molecule has 1 aromatic heterocycles. The lowest BCUT2D eigenvalue weighted by Gasteiger charge is -2.07. The van der Waals surface area contributed by atoms with Crippen LogP contribution in [0.3, 0.4) is 0 Å². The predicted molar refractivity (Wildman–Crippen MR) is 67.8 cm³/mol. The van der Waals surface area contributed by atoms with Crippen molar-refractivity contribution in [3.8, 4) is 0 Å². The highest BCUT2D eigenvalue weighted by Crippen LogP contribution is 2.13. The third-order valence-corrected chi connectivity index (χ3v) is 3.30. The number of aryl methyl sites for hydroxylation is 1. The Labute approximate surface area is 100 Å². The van der Waals surface area contributed by atoms with Gasteiger partial charge in [-0.3, -0.25) is 4.79 Å². The van der Waals surface area contributed by atoms with Gasteiger partial charge in [-0.2, -0.15) is 0 Å². The number of rotatable bonds is 6. The van der Waals surface area contributed by atoms with Crippen molar-refractivity contribution in [2.75, 3.05) is 5.75 Å². The Hall–Kier alpha value is -0.810. The average molecular weight is 241 g/mol. The minimum atomic E-state index is -0.0778. The first-order valence-corrected chi connectivity index (χ1v) is 6.62. The highest BCUT2D eigenvalue weighted by molar-refractivity contribution is 7.99. The van der Waals surface area contributed by atoms with Crippen LogP contribution in [-0.4, -0.2) is 21.8 Å². The Morgan fingerprint density at radius 1 is 1.56 bits per heavy atom. The van der Waals surface area contributed by atoms with E-state index in [0.29, 0.717) is 5.16 Å². The molecule has 3 N–H and O–H groups in total. The molecule has 0 bridgehead atoms. The van der Waals surface area contributed by atoms with E-state index in [1.54, 1.807) is 6.07 Å². The van der Waals surface area contributed by atoms with Crippen LogP contribution in [-0.2, 0) is 6.42 Å². The summed E-state index contributed by atoms with van der Waals surface area (Å²) in [6.45, 7) is 4.12. The van der Waals surface area contributed by atoms with E-state index in [-0.39, 0.29) is 11.6 Å². The summed E-state index contributed by atoms with van der Waals surface area (Å²) in [7, 11) is 0. The number of nitrogens with two attached hydrogens (primary N) is 1. The number of hydrogen-bond acceptors (Lipinski definition) is 4. The van der Waals surface area contributed by atoms with Crippen molar-refractivity contribution in [2.45, 2.75) is 44.3 Å². The summed E-state index contributed by atoms with van der Waals surface area (Å²) in [5, 5.41) is 0.680. The second kappa shape index (κ2) is 6.70. The molecule has 0 aromatic carbocycles. The molecule has 1 atom stereocenters. The van der Waals surface area contributed by atoms with Crippen LogP contribution in [0.15, 0.2) is 16.0 Å². The molecule has 0 radical (unpaired) electrons. The van der Waals surface area contributed by atoms with Crippen molar-refractivity contribution >= 4 is 11.8 Å². The van der Waals surface area contributed by atoms with Crippen LogP contribution in [0.25, 0.3) is 0 Å². The number of nitrogens with zero attached hydrogens (tertiary/aromatic N) is 1. The molecule has 16 heavy (non-hydrogen) atoms. The van der Waals surface area contributed by atoms with E-state index in [1.807, 2.05) is 0 Å². The number of hydrogen-bond donors (Lipinski definition) is 2. The van der Waals surface area contributed by atoms with Gasteiger partial charge < -0.3 is 10.7 Å². The van der Waals surface area contributed by atoms with E-state index in [2.05, 4.69) is 23.8 Å². The summed E-state index contributed by atoms with van der Waals surface area (Å²) in [6.07, 6.45) is 2.78. The fourth-order valence-electron chi connectivity index (χ4n) is 1.24. The standard InChI is InChI=1S/C11H19N3OS/c1-3-5-9-6-10(15)14-11(13-9)16-7-8(12)4-2/h6,8H,3-5,7,12H2,1-2H3,(H,13,14,15). The van der Waals surface area contributed by atoms with Crippen LogP contribution in [0, 0.1) is 0 Å². The molecule has 0 aliphatic rings. The van der Waals surface area contributed by atoms with E-state index < -0.39 is 0 Å². The Morgan fingerprint density at radius 3 is 2.94 bits per heavy atom. The normalized spacial score (nSPS) is 12.7. The van der Waals surface area contributed by atoms with E-state index in [0.717, 1.165) is 30.7 Å². The fraction of sp³-hybridized carbons (Fsp3) is 0.636. The summed E-state index contributed by atoms with van der Waals surface area (Å²) >= 11 is 1.52. The van der Waals surface area contributed by atoms with Gasteiger partial charge in [0.05, 0.1) is 0 Å². The summed E-state index contributed by atoms with van der Waals surface area (Å²) in [6, 6.07) is 1.72. The van der Waals surface area contributed by atoms with Crippen molar-refractivity contribution in [2.24, 2.45) is 5.73 Å². The minimum absolute atomic E-state index is 0.0778. The molecule has 0 saturated heterocycles. The number of thioether (sulfide) groups is 1. The first-order valence-electron chi connectivity index (χ1n) is 5.64. The van der Waals surface area contributed by atoms with Crippen molar-refractivity contribution in [1.29, 1.82) is 0 Å². The van der Waals surface area contributed by atoms with Gasteiger partial charge in [-0.1, -0.05) is 32.0 Å². The molecule has 90 valence electrons. The SMILES string of the molecule is CCCc1cc(=O)[nH]c(SCC(N)CC)n1. The first kappa shape index (κ1) is 13.3. The van der Waals surface area contributed by atoms with Gasteiger partial charge in [0.1, 0.15) is 0 Å². The van der Waals surface area contributed by atoms with E-state index in [9.17, 15) is 4.79 Å². The summed E-state index contributed by atoms with van der Waals surface area (Å²) < 4.78 is 0. The van der Waals surface area contributed by atoms with E-state index in [1.165, 1.54) is 11.8 Å². The molecular weight excluding hydrogens is 222 g/mol. The minimum Gasteiger partial charge on any atom is -0.327 e. The maximum atomic E-state index is 11.4. The van der Waals surface area contributed by atoms with Crippen molar-refractivity contribution in [1.82, 2.24) is 9.97 Å². The Morgan fingerprint density at radius 2 is 2.31 bits per heavy atom. The van der Waals surface area contributed by atoms with Crippen LogP contribution in [0.1, 0.15) is 32.4 Å². The third kappa shape index (κ3) is 4.37. The Balaban J connectivity index is 2.68. The smallest absolute Gasteiger partial charge is 0.251 e. The number of H-pyrrole nitrogens is 1. The van der Waals surface area contributed by atoms with Crippen LogP contribution < -0.4 is 11.3 Å². The lowest BCUT2D eigenvalue weighted by atomic mass is 10.2. The van der Waals surface area contributed by atoms with Crippen LogP contribution >= 0.6 is 11.8 Å². The number of aromatic nitrogens is 2. The van der Waals surface area contributed by atoms with Gasteiger partial charge in [-0.05, 0) is 12.8 Å². The van der Waals surface area contributed by atoms with Crippen molar-refractivity contribution in [3.63, 3.8) is 0 Å². The molecule has 1 aromatic rings. The van der Waals surface area contributed by atoms with Gasteiger partial charge in [-0.25, -0.2) is 4.98 Å². The molecule has 1 unspecified atom stereocenters. The molecule has 0 aliphatic heterocycles. The van der Waals surface area contributed by atoms with Crippen LogP contribution in [0.4, 0.5) is 0 Å². The lowest BCUT2D eigenvalue weighted by molar-refractivity contribution is 0.722. The number of aromatic amines is 1. The molecule has 0 amide bonds. The van der Waals surface area contributed by atoms with Gasteiger partial charge >= 0.3 is 0 Å². The fourth-order valence-corrected chi connectivity index (χ4v) is 2.20. The molecule has 1 heterocycles. The Kier molecular flexibility index (Phi) is 5.55. The van der Waals surface area contributed by atoms with Gasteiger partial charge in [0.25, 0.3) is 5.56 Å². The largest absolute Gasteiger partial charge is 0.327 e. The summed E-state index contributed by atoms with van der Waals surface area (Å²) in [5.41, 5.74) is 6.60. The molecule has 0 aliphatic carbocycles. The van der Waals surface area contributed by atoms with Gasteiger partial charge in [0.2, 0.25) is 0 Å². The zero-order chi connectivity index (χ0) is 12.0. The summed E-state index contributed by atoms with van der Waals surface area (Å²) in [4.78, 5) is 18.5. The van der Waals surface area contributed by atoms with Crippen molar-refractivity contribution in [3.05, 3.63) is 22.1 Å². The third-order valence-electron chi connectivity index (χ3n) is 2.24. The highest BCUT2D eigenvalue weighted by Gasteiger charge is 2.04. The molecule has 0 spiro atoms. The van der Waals surface area contributed by atoms with E-state index in [4.69, 9.17) is 5.73 Å². The molecule has 1 rings (SSSR count). The summed E-state index contributed by atoms with van der Waals surface area (Å²) in [5.74, 6) is 0.787. The van der Waals surface area contributed by atoms with Gasteiger partial charge in [0.15, 0.2) is 5.16 Å². The second-order valence-electron chi connectivity index (χ2n) is 3.77. The van der Waals surface area contributed by atoms with Crippen molar-refractivity contribution < 1.29 is 0 Å². The zero-order valence-corrected chi connectivity index (χ0v) is 10.6.